The molecule has 2 heterocycles. The fraction of sp³-hybridized carbons (Fsp3) is 0.273. The Balaban J connectivity index is 1.31. The zero-order valence-electron chi connectivity index (χ0n) is 17.0. The molecule has 1 aromatic heterocycles. The number of aromatic nitrogens is 3. The molecule has 3 aromatic rings. The van der Waals surface area contributed by atoms with Crippen LogP contribution in [0.2, 0.25) is 0 Å². The first-order chi connectivity index (χ1) is 15.0. The van der Waals surface area contributed by atoms with Gasteiger partial charge < -0.3 is 15.0 Å². The van der Waals surface area contributed by atoms with Crippen molar-refractivity contribution in [3.05, 3.63) is 71.8 Å². The molecule has 1 N–H and O–H groups in total. The summed E-state index contributed by atoms with van der Waals surface area (Å²) in [7, 11) is 1.58. The van der Waals surface area contributed by atoms with Crippen LogP contribution in [-0.4, -0.2) is 57.9 Å². The molecule has 160 valence electrons. The molecule has 2 aromatic carbocycles. The summed E-state index contributed by atoms with van der Waals surface area (Å²) in [4.78, 5) is 26.9. The zero-order chi connectivity index (χ0) is 21.8. The van der Waals surface area contributed by atoms with E-state index in [1.165, 1.54) is 23.0 Å². The van der Waals surface area contributed by atoms with Crippen molar-refractivity contribution in [1.82, 2.24) is 25.2 Å². The summed E-state index contributed by atoms with van der Waals surface area (Å²) in [6.07, 6.45) is 2.84. The van der Waals surface area contributed by atoms with Gasteiger partial charge in [-0.15, -0.1) is 5.10 Å². The van der Waals surface area contributed by atoms with Gasteiger partial charge in [0.25, 0.3) is 11.8 Å². The van der Waals surface area contributed by atoms with Crippen LogP contribution in [0.25, 0.3) is 5.69 Å². The summed E-state index contributed by atoms with van der Waals surface area (Å²) in [6.45, 7) is 1.02. The Kier molecular flexibility index (Phi) is 5.92. The lowest BCUT2D eigenvalue weighted by Crippen LogP contribution is -2.46. The Morgan fingerprint density at radius 1 is 1.06 bits per heavy atom. The van der Waals surface area contributed by atoms with Crippen LogP contribution in [0.15, 0.2) is 54.7 Å². The minimum atomic E-state index is -0.345. The van der Waals surface area contributed by atoms with Crippen LogP contribution < -0.4 is 10.1 Å². The first-order valence-corrected chi connectivity index (χ1v) is 9.96. The number of piperidine rings is 1. The molecule has 1 saturated heterocycles. The number of halogens is 1. The summed E-state index contributed by atoms with van der Waals surface area (Å²) in [5, 5.41) is 10.9. The van der Waals surface area contributed by atoms with E-state index in [9.17, 15) is 14.0 Å². The molecule has 0 aliphatic carbocycles. The Bertz CT molecular complexity index is 1060. The average molecular weight is 423 g/mol. The fourth-order valence-electron chi connectivity index (χ4n) is 3.48. The van der Waals surface area contributed by atoms with Crippen molar-refractivity contribution in [2.24, 2.45) is 0 Å². The summed E-state index contributed by atoms with van der Waals surface area (Å²) < 4.78 is 19.6. The lowest BCUT2D eigenvalue weighted by atomic mass is 10.0. The van der Waals surface area contributed by atoms with Gasteiger partial charge in [0.05, 0.1) is 19.0 Å². The van der Waals surface area contributed by atoms with Gasteiger partial charge in [-0.05, 0) is 61.4 Å². The molecular formula is C22H22FN5O3. The quantitative estimate of drug-likeness (QED) is 0.681. The van der Waals surface area contributed by atoms with Crippen molar-refractivity contribution >= 4 is 11.8 Å². The van der Waals surface area contributed by atoms with Gasteiger partial charge in [-0.2, -0.15) is 0 Å². The highest BCUT2D eigenvalue weighted by Crippen LogP contribution is 2.16. The van der Waals surface area contributed by atoms with E-state index in [-0.39, 0.29) is 29.4 Å². The molecule has 1 aliphatic rings. The Morgan fingerprint density at radius 3 is 2.39 bits per heavy atom. The van der Waals surface area contributed by atoms with Crippen molar-refractivity contribution in [3.8, 4) is 11.4 Å². The molecule has 31 heavy (non-hydrogen) atoms. The number of nitrogens with one attached hydrogen (secondary N) is 1. The third kappa shape index (κ3) is 4.71. The molecule has 2 amide bonds. The number of rotatable bonds is 5. The minimum absolute atomic E-state index is 0.00597. The van der Waals surface area contributed by atoms with E-state index < -0.39 is 0 Å². The molecule has 4 rings (SSSR count). The molecule has 0 radical (unpaired) electrons. The van der Waals surface area contributed by atoms with Crippen LogP contribution in [-0.2, 0) is 0 Å². The molecule has 0 unspecified atom stereocenters. The van der Waals surface area contributed by atoms with Gasteiger partial charge in [-0.1, -0.05) is 5.21 Å². The van der Waals surface area contributed by atoms with Crippen molar-refractivity contribution in [1.29, 1.82) is 0 Å². The Morgan fingerprint density at radius 2 is 1.74 bits per heavy atom. The average Bonchev–Trinajstić information content (AvgIpc) is 3.30. The predicted octanol–water partition coefficient (Wildman–Crippen LogP) is 2.45. The summed E-state index contributed by atoms with van der Waals surface area (Å²) in [5.41, 5.74) is 1.41. The van der Waals surface area contributed by atoms with Gasteiger partial charge in [0.1, 0.15) is 11.6 Å². The van der Waals surface area contributed by atoms with Crippen LogP contribution in [0.4, 0.5) is 4.39 Å². The van der Waals surface area contributed by atoms with Crippen LogP contribution in [0, 0.1) is 5.82 Å². The maximum atomic E-state index is 13.1. The normalized spacial score (nSPS) is 14.3. The molecular weight excluding hydrogens is 401 g/mol. The molecule has 1 fully saturated rings. The van der Waals surface area contributed by atoms with Gasteiger partial charge in [0, 0.05) is 24.7 Å². The number of likely N-dealkylation sites (tertiary alicyclic amines) is 1. The first kappa shape index (κ1) is 20.5. The maximum absolute atomic E-state index is 13.1. The maximum Gasteiger partial charge on any atom is 0.276 e. The first-order valence-electron chi connectivity index (χ1n) is 9.96. The molecule has 0 saturated carbocycles. The molecule has 0 bridgehead atoms. The Hall–Kier alpha value is -3.75. The lowest BCUT2D eigenvalue weighted by Gasteiger charge is -2.31. The van der Waals surface area contributed by atoms with Crippen molar-refractivity contribution in [2.75, 3.05) is 20.2 Å². The number of methoxy groups -OCH3 is 1. The molecule has 9 heteroatoms. The van der Waals surface area contributed by atoms with Crippen LogP contribution in [0.5, 0.6) is 5.75 Å². The van der Waals surface area contributed by atoms with Gasteiger partial charge in [-0.25, -0.2) is 9.07 Å². The van der Waals surface area contributed by atoms with Crippen molar-refractivity contribution in [3.63, 3.8) is 0 Å². The van der Waals surface area contributed by atoms with E-state index in [1.807, 2.05) is 0 Å². The second kappa shape index (κ2) is 8.95. The highest BCUT2D eigenvalue weighted by Gasteiger charge is 2.26. The van der Waals surface area contributed by atoms with E-state index in [2.05, 4.69) is 15.6 Å². The van der Waals surface area contributed by atoms with Gasteiger partial charge in [0.2, 0.25) is 0 Å². The predicted molar refractivity (Wildman–Crippen MR) is 111 cm³/mol. The second-order valence-electron chi connectivity index (χ2n) is 7.29. The molecule has 0 spiro atoms. The third-order valence-corrected chi connectivity index (χ3v) is 5.27. The minimum Gasteiger partial charge on any atom is -0.497 e. The SMILES string of the molecule is COc1ccc(C(=O)NC2CCN(C(=O)c3cn(-c4ccc(F)cc4)nn3)CC2)cc1. The number of ether oxygens (including phenoxy) is 1. The lowest BCUT2D eigenvalue weighted by molar-refractivity contribution is 0.0692. The van der Waals surface area contributed by atoms with Gasteiger partial charge >= 0.3 is 0 Å². The Labute approximate surface area is 178 Å². The fourth-order valence-corrected chi connectivity index (χ4v) is 3.48. The second-order valence-corrected chi connectivity index (χ2v) is 7.29. The highest BCUT2D eigenvalue weighted by atomic mass is 19.1. The summed E-state index contributed by atoms with van der Waals surface area (Å²) >= 11 is 0. The topological polar surface area (TPSA) is 89.4 Å². The smallest absolute Gasteiger partial charge is 0.276 e. The highest BCUT2D eigenvalue weighted by molar-refractivity contribution is 5.94. The van der Waals surface area contributed by atoms with Gasteiger partial charge in [-0.3, -0.25) is 9.59 Å². The molecule has 1 aliphatic heterocycles. The molecule has 8 nitrogen and oxygen atoms in total. The van der Waals surface area contributed by atoms with Crippen LogP contribution >= 0.6 is 0 Å². The largest absolute Gasteiger partial charge is 0.497 e. The molecule has 0 atom stereocenters. The number of amides is 2. The zero-order valence-corrected chi connectivity index (χ0v) is 17.0. The monoisotopic (exact) mass is 423 g/mol. The number of carbonyl (C=O) groups is 2. The van der Waals surface area contributed by atoms with Crippen molar-refractivity contribution in [2.45, 2.75) is 18.9 Å². The summed E-state index contributed by atoms with van der Waals surface area (Å²) in [5.74, 6) is -0.00943. The number of carbonyl (C=O) groups excluding carboxylic acids is 2. The van der Waals surface area contributed by atoms with Crippen LogP contribution in [0.1, 0.15) is 33.7 Å². The van der Waals surface area contributed by atoms with E-state index in [0.29, 0.717) is 42.9 Å². The standard InChI is InChI=1S/C22H22FN5O3/c1-31-19-8-2-15(3-9-19)21(29)24-17-10-12-27(13-11-17)22(30)20-14-28(26-25-20)18-6-4-16(23)5-7-18/h2-9,14,17H,10-13H2,1H3,(H,24,29). The van der Waals surface area contributed by atoms with E-state index in [4.69, 9.17) is 4.74 Å². The van der Waals surface area contributed by atoms with Crippen LogP contribution in [0.3, 0.4) is 0 Å². The van der Waals surface area contributed by atoms with E-state index in [1.54, 1.807) is 48.4 Å². The number of hydrogen-bond donors (Lipinski definition) is 1. The van der Waals surface area contributed by atoms with E-state index >= 15 is 0 Å². The summed E-state index contributed by atoms with van der Waals surface area (Å²) in [6, 6.07) is 12.7. The number of nitrogens with zero attached hydrogens (tertiary/aromatic N) is 4. The number of hydrogen-bond acceptors (Lipinski definition) is 5. The van der Waals surface area contributed by atoms with Crippen molar-refractivity contribution < 1.29 is 18.7 Å². The van der Waals surface area contributed by atoms with E-state index in [0.717, 1.165) is 0 Å². The third-order valence-electron chi connectivity index (χ3n) is 5.27. The van der Waals surface area contributed by atoms with Gasteiger partial charge in [0.15, 0.2) is 5.69 Å². The number of benzene rings is 2.